The van der Waals surface area contributed by atoms with Crippen molar-refractivity contribution >= 4 is 5.90 Å². The quantitative estimate of drug-likeness (QED) is 0.203. The Bertz CT molecular complexity index is 589. The first-order valence-electron chi connectivity index (χ1n) is 12.7. The molecule has 0 N–H and O–H groups in total. The first-order valence-corrected chi connectivity index (χ1v) is 12.7. The molecule has 0 radical (unpaired) electrons. The van der Waals surface area contributed by atoms with Crippen LogP contribution in [0.5, 0.6) is 0 Å². The summed E-state index contributed by atoms with van der Waals surface area (Å²) in [5, 5.41) is 3.97. The van der Waals surface area contributed by atoms with Crippen LogP contribution in [-0.2, 0) is 9.57 Å². The second kappa shape index (κ2) is 8.79. The van der Waals surface area contributed by atoms with Gasteiger partial charge in [-0.15, -0.1) is 0 Å². The van der Waals surface area contributed by atoms with Crippen LogP contribution in [0.1, 0.15) is 104 Å². The number of methoxy groups -OCH3 is 1. The first kappa shape index (κ1) is 21.5. The van der Waals surface area contributed by atoms with E-state index in [2.05, 4.69) is 19.0 Å². The molecule has 0 aromatic heterocycles. The molecule has 3 nitrogen and oxygen atoms in total. The number of rotatable bonds is 6. The van der Waals surface area contributed by atoms with Gasteiger partial charge in [-0.05, 0) is 111 Å². The van der Waals surface area contributed by atoms with E-state index < -0.39 is 0 Å². The van der Waals surface area contributed by atoms with E-state index in [1.165, 1.54) is 70.6 Å². The largest absolute Gasteiger partial charge is 0.482 e. The van der Waals surface area contributed by atoms with Gasteiger partial charge in [-0.3, -0.25) is 0 Å². The van der Waals surface area contributed by atoms with Gasteiger partial charge in [0, 0.05) is 6.92 Å². The van der Waals surface area contributed by atoms with Crippen LogP contribution >= 0.6 is 0 Å². The fourth-order valence-corrected chi connectivity index (χ4v) is 8.61. The number of fused-ring (bicyclic) bond motifs is 5. The Hall–Kier alpha value is -0.730. The van der Waals surface area contributed by atoms with Crippen molar-refractivity contribution in [3.8, 4) is 0 Å². The van der Waals surface area contributed by atoms with E-state index in [0.29, 0.717) is 16.7 Å². The average Bonchev–Trinajstić information content (AvgIpc) is 3.06. The Morgan fingerprint density at radius 2 is 1.72 bits per heavy atom. The van der Waals surface area contributed by atoms with Crippen LogP contribution in [-0.4, -0.2) is 19.6 Å². The second-order valence-corrected chi connectivity index (χ2v) is 11.4. The Morgan fingerprint density at radius 3 is 2.55 bits per heavy atom. The van der Waals surface area contributed by atoms with Gasteiger partial charge in [0.15, 0.2) is 0 Å². The van der Waals surface area contributed by atoms with Crippen LogP contribution in [0.15, 0.2) is 5.16 Å². The topological polar surface area (TPSA) is 30.8 Å². The monoisotopic (exact) mass is 403 g/mol. The highest BCUT2D eigenvalue weighted by Crippen LogP contribution is 2.67. The van der Waals surface area contributed by atoms with Gasteiger partial charge in [0.25, 0.3) is 0 Å². The Labute approximate surface area is 179 Å². The van der Waals surface area contributed by atoms with Crippen LogP contribution < -0.4 is 0 Å². The summed E-state index contributed by atoms with van der Waals surface area (Å²) in [5.74, 6) is 5.67. The lowest BCUT2D eigenvalue weighted by Crippen LogP contribution is -2.52. The molecule has 166 valence electrons. The molecule has 3 heteroatoms. The predicted octanol–water partition coefficient (Wildman–Crippen LogP) is 7.20. The van der Waals surface area contributed by atoms with Gasteiger partial charge in [0.1, 0.15) is 6.61 Å². The summed E-state index contributed by atoms with van der Waals surface area (Å²) in [6.45, 7) is 7.94. The first-order chi connectivity index (χ1) is 14.0. The van der Waals surface area contributed by atoms with Crippen molar-refractivity contribution in [2.75, 3.05) is 13.7 Å². The molecule has 0 heterocycles. The summed E-state index contributed by atoms with van der Waals surface area (Å²) >= 11 is 0. The van der Waals surface area contributed by atoms with Crippen LogP contribution in [0, 0.1) is 40.4 Å². The summed E-state index contributed by atoms with van der Waals surface area (Å²) in [6.07, 6.45) is 18.9. The molecular formula is C26H45NO2. The third kappa shape index (κ3) is 3.97. The molecule has 4 rings (SSSR count). The number of unbranched alkanes of at least 4 members (excludes halogenated alkanes) is 1. The molecule has 0 aromatic rings. The molecular weight excluding hydrogens is 358 g/mol. The average molecular weight is 404 g/mol. The van der Waals surface area contributed by atoms with Crippen molar-refractivity contribution in [2.24, 2.45) is 45.6 Å². The van der Waals surface area contributed by atoms with E-state index in [-0.39, 0.29) is 0 Å². The lowest BCUT2D eigenvalue weighted by molar-refractivity contribution is -0.111. The number of hydrogen-bond acceptors (Lipinski definition) is 3. The number of hydrogen-bond donors (Lipinski definition) is 0. The van der Waals surface area contributed by atoms with Gasteiger partial charge in [-0.2, -0.15) is 0 Å². The molecule has 4 saturated carbocycles. The lowest BCUT2D eigenvalue weighted by atomic mass is 9.45. The van der Waals surface area contributed by atoms with Crippen LogP contribution in [0.4, 0.5) is 0 Å². The van der Waals surface area contributed by atoms with Crippen LogP contribution in [0.3, 0.4) is 0 Å². The summed E-state index contributed by atoms with van der Waals surface area (Å²) in [5.41, 5.74) is 1.30. The third-order valence-corrected chi connectivity index (χ3v) is 10.3. The normalized spacial score (nSPS) is 44.6. The molecule has 4 aliphatic carbocycles. The van der Waals surface area contributed by atoms with Gasteiger partial charge in [-0.1, -0.05) is 31.8 Å². The van der Waals surface area contributed by atoms with Crippen LogP contribution in [0.2, 0.25) is 0 Å². The Morgan fingerprint density at radius 1 is 0.897 bits per heavy atom. The van der Waals surface area contributed by atoms with Crippen LogP contribution in [0.25, 0.3) is 0 Å². The van der Waals surface area contributed by atoms with Crippen molar-refractivity contribution < 1.29 is 9.57 Å². The highest BCUT2D eigenvalue weighted by atomic mass is 16.6. The predicted molar refractivity (Wildman–Crippen MR) is 120 cm³/mol. The van der Waals surface area contributed by atoms with Gasteiger partial charge in [0.05, 0.1) is 7.11 Å². The number of ether oxygens (including phenoxy) is 1. The standard InChI is InChI=1S/C26H45NO2/c1-19(28-4)27-29-18-8-6-10-21-12-14-23-22-13-11-20-9-5-7-16-25(20,2)24(22)15-17-26(21,23)3/h20-24H,5-18H2,1-4H3/b27-19+/t20?,21-,22?,23?,24?,25?,26?/m0/s1. The SMILES string of the molecule is CO/C(C)=N/OCCCC[C@H]1CCC2C3CCC4CCCCC4(C)C3CCC21C. The summed E-state index contributed by atoms with van der Waals surface area (Å²) in [6, 6.07) is 0. The molecule has 0 spiro atoms. The maximum atomic E-state index is 5.38. The maximum absolute atomic E-state index is 5.38. The molecule has 0 amide bonds. The van der Waals surface area contributed by atoms with Crippen molar-refractivity contribution in [3.63, 3.8) is 0 Å². The maximum Gasteiger partial charge on any atom is 0.222 e. The summed E-state index contributed by atoms with van der Waals surface area (Å²) in [7, 11) is 1.63. The Kier molecular flexibility index (Phi) is 6.52. The Balaban J connectivity index is 1.32. The molecule has 0 aromatic carbocycles. The zero-order chi connectivity index (χ0) is 20.5. The molecule has 29 heavy (non-hydrogen) atoms. The van der Waals surface area contributed by atoms with Gasteiger partial charge in [-0.25, -0.2) is 0 Å². The molecule has 4 aliphatic rings. The van der Waals surface area contributed by atoms with Crippen molar-refractivity contribution in [1.29, 1.82) is 0 Å². The molecule has 6 unspecified atom stereocenters. The van der Waals surface area contributed by atoms with Gasteiger partial charge >= 0.3 is 0 Å². The zero-order valence-corrected chi connectivity index (χ0v) is 19.5. The fourth-order valence-electron chi connectivity index (χ4n) is 8.61. The molecule has 4 fully saturated rings. The fraction of sp³-hybridized carbons (Fsp3) is 0.962. The number of nitrogens with zero attached hydrogens (tertiary/aromatic N) is 1. The minimum Gasteiger partial charge on any atom is -0.482 e. The highest BCUT2D eigenvalue weighted by Gasteiger charge is 2.59. The smallest absolute Gasteiger partial charge is 0.222 e. The highest BCUT2D eigenvalue weighted by molar-refractivity contribution is 5.72. The van der Waals surface area contributed by atoms with Gasteiger partial charge < -0.3 is 9.57 Å². The van der Waals surface area contributed by atoms with Crippen molar-refractivity contribution in [2.45, 2.75) is 104 Å². The van der Waals surface area contributed by atoms with Gasteiger partial charge in [0.2, 0.25) is 5.90 Å². The molecule has 0 bridgehead atoms. The molecule has 7 atom stereocenters. The summed E-state index contributed by atoms with van der Waals surface area (Å²) < 4.78 is 5.02. The van der Waals surface area contributed by atoms with E-state index >= 15 is 0 Å². The molecule has 0 saturated heterocycles. The van der Waals surface area contributed by atoms with E-state index in [9.17, 15) is 0 Å². The van der Waals surface area contributed by atoms with E-state index in [0.717, 1.165) is 42.6 Å². The second-order valence-electron chi connectivity index (χ2n) is 11.4. The minimum absolute atomic E-state index is 0.606. The lowest BCUT2D eigenvalue weighted by Gasteiger charge is -2.60. The zero-order valence-electron chi connectivity index (χ0n) is 19.5. The van der Waals surface area contributed by atoms with E-state index in [4.69, 9.17) is 9.57 Å². The minimum atomic E-state index is 0.606. The number of oxime groups is 1. The molecule has 0 aliphatic heterocycles. The van der Waals surface area contributed by atoms with Crippen molar-refractivity contribution in [3.05, 3.63) is 0 Å². The third-order valence-electron chi connectivity index (χ3n) is 10.3. The van der Waals surface area contributed by atoms with E-state index in [1.807, 2.05) is 6.92 Å². The van der Waals surface area contributed by atoms with E-state index in [1.54, 1.807) is 13.5 Å². The summed E-state index contributed by atoms with van der Waals surface area (Å²) in [4.78, 5) is 5.38. The van der Waals surface area contributed by atoms with Crippen molar-refractivity contribution in [1.82, 2.24) is 0 Å².